The van der Waals surface area contributed by atoms with Gasteiger partial charge in [-0.15, -0.1) is 11.3 Å². The Hall–Kier alpha value is -2.41. The minimum Gasteiger partial charge on any atom is -0.469 e. The van der Waals surface area contributed by atoms with Crippen LogP contribution in [0.4, 0.5) is 0 Å². The Morgan fingerprint density at radius 2 is 2.43 bits per heavy atom. The number of carbonyl (C=O) groups is 1. The molecule has 0 bridgehead atoms. The lowest BCUT2D eigenvalue weighted by molar-refractivity contribution is 0.0937. The lowest BCUT2D eigenvalue weighted by Crippen LogP contribution is -2.37. The number of nitrogens with zero attached hydrogens (tertiary/aromatic N) is 2. The summed E-state index contributed by atoms with van der Waals surface area (Å²) in [6.07, 6.45) is 5.08. The first-order valence-corrected chi connectivity index (χ1v) is 7.31. The van der Waals surface area contributed by atoms with Crippen LogP contribution in [-0.4, -0.2) is 21.3 Å². The van der Waals surface area contributed by atoms with E-state index >= 15 is 0 Å². The molecular formula is C14H13N3O3S. The van der Waals surface area contributed by atoms with Crippen molar-refractivity contribution >= 4 is 22.2 Å². The number of hydrogen-bond donors (Lipinski definition) is 1. The van der Waals surface area contributed by atoms with Crippen molar-refractivity contribution in [2.24, 2.45) is 0 Å². The predicted molar refractivity (Wildman–Crippen MR) is 78.7 cm³/mol. The van der Waals surface area contributed by atoms with Gasteiger partial charge in [0.15, 0.2) is 4.96 Å². The first kappa shape index (κ1) is 13.6. The van der Waals surface area contributed by atoms with E-state index in [0.717, 1.165) is 5.76 Å². The molecule has 0 saturated carbocycles. The molecule has 1 atom stereocenters. The molecular weight excluding hydrogens is 290 g/mol. The predicted octanol–water partition coefficient (Wildman–Crippen LogP) is 1.71. The van der Waals surface area contributed by atoms with Gasteiger partial charge in [0.1, 0.15) is 11.3 Å². The fourth-order valence-electron chi connectivity index (χ4n) is 2.06. The molecule has 1 amide bonds. The van der Waals surface area contributed by atoms with E-state index in [0.29, 0.717) is 11.4 Å². The Morgan fingerprint density at radius 3 is 3.19 bits per heavy atom. The molecule has 0 radical (unpaired) electrons. The molecule has 6 nitrogen and oxygen atoms in total. The summed E-state index contributed by atoms with van der Waals surface area (Å²) >= 11 is 1.35. The highest BCUT2D eigenvalue weighted by Crippen LogP contribution is 2.07. The normalized spacial score (nSPS) is 12.4. The smallest absolute Gasteiger partial charge is 0.271 e. The van der Waals surface area contributed by atoms with Crippen LogP contribution < -0.4 is 10.9 Å². The van der Waals surface area contributed by atoms with Crippen LogP contribution in [0.15, 0.2) is 45.4 Å². The molecule has 1 unspecified atom stereocenters. The maximum absolute atomic E-state index is 12.2. The lowest BCUT2D eigenvalue weighted by Gasteiger charge is -2.12. The number of furan rings is 1. The average molecular weight is 303 g/mol. The van der Waals surface area contributed by atoms with Gasteiger partial charge in [-0.3, -0.25) is 14.0 Å². The van der Waals surface area contributed by atoms with Gasteiger partial charge in [0.2, 0.25) is 0 Å². The van der Waals surface area contributed by atoms with Crippen LogP contribution in [0, 0.1) is 0 Å². The van der Waals surface area contributed by atoms with Crippen molar-refractivity contribution in [3.05, 3.63) is 57.8 Å². The Bertz CT molecular complexity index is 819. The third-order valence-corrected chi connectivity index (χ3v) is 3.82. The maximum Gasteiger partial charge on any atom is 0.271 e. The van der Waals surface area contributed by atoms with Gasteiger partial charge in [-0.25, -0.2) is 4.98 Å². The Morgan fingerprint density at radius 1 is 1.57 bits per heavy atom. The minimum atomic E-state index is -0.424. The molecule has 0 spiro atoms. The van der Waals surface area contributed by atoms with Crippen LogP contribution in [0.25, 0.3) is 4.96 Å². The fraction of sp³-hybridized carbons (Fsp3) is 0.214. The minimum absolute atomic E-state index is 0.0391. The molecule has 108 valence electrons. The summed E-state index contributed by atoms with van der Waals surface area (Å²) in [5.74, 6) is 0.359. The molecule has 3 aromatic heterocycles. The summed E-state index contributed by atoms with van der Waals surface area (Å²) in [5.41, 5.74) is -0.318. The summed E-state index contributed by atoms with van der Waals surface area (Å²) in [6.45, 7) is 1.86. The quantitative estimate of drug-likeness (QED) is 0.796. The van der Waals surface area contributed by atoms with Crippen molar-refractivity contribution in [3.63, 3.8) is 0 Å². The summed E-state index contributed by atoms with van der Waals surface area (Å²) in [7, 11) is 0. The van der Waals surface area contributed by atoms with Gasteiger partial charge >= 0.3 is 0 Å². The van der Waals surface area contributed by atoms with Gasteiger partial charge < -0.3 is 9.73 Å². The maximum atomic E-state index is 12.2. The molecule has 7 heteroatoms. The van der Waals surface area contributed by atoms with Crippen molar-refractivity contribution in [3.8, 4) is 0 Å². The molecule has 0 aliphatic rings. The number of fused-ring (bicyclic) bond motifs is 1. The van der Waals surface area contributed by atoms with E-state index in [9.17, 15) is 9.59 Å². The highest BCUT2D eigenvalue weighted by atomic mass is 32.1. The van der Waals surface area contributed by atoms with E-state index < -0.39 is 5.91 Å². The second kappa shape index (κ2) is 5.53. The van der Waals surface area contributed by atoms with E-state index in [1.54, 1.807) is 23.9 Å². The Balaban J connectivity index is 1.77. The number of rotatable bonds is 4. The van der Waals surface area contributed by atoms with E-state index in [-0.39, 0.29) is 17.2 Å². The zero-order chi connectivity index (χ0) is 14.8. The second-order valence-corrected chi connectivity index (χ2v) is 5.56. The van der Waals surface area contributed by atoms with E-state index in [4.69, 9.17) is 4.42 Å². The number of amides is 1. The van der Waals surface area contributed by atoms with Crippen molar-refractivity contribution in [2.75, 3.05) is 0 Å². The number of aromatic nitrogens is 2. The monoisotopic (exact) mass is 303 g/mol. The fourth-order valence-corrected chi connectivity index (χ4v) is 2.74. The molecule has 0 aliphatic heterocycles. The summed E-state index contributed by atoms with van der Waals surface area (Å²) in [6, 6.07) is 3.49. The van der Waals surface area contributed by atoms with Crippen molar-refractivity contribution < 1.29 is 9.21 Å². The van der Waals surface area contributed by atoms with Crippen LogP contribution in [0.1, 0.15) is 23.0 Å². The second-order valence-electron chi connectivity index (χ2n) is 4.69. The van der Waals surface area contributed by atoms with Crippen LogP contribution >= 0.6 is 11.3 Å². The number of hydrogen-bond acceptors (Lipinski definition) is 5. The third kappa shape index (κ3) is 2.73. The zero-order valence-corrected chi connectivity index (χ0v) is 12.1. The van der Waals surface area contributed by atoms with Gasteiger partial charge in [0.25, 0.3) is 11.5 Å². The van der Waals surface area contributed by atoms with Gasteiger partial charge in [-0.05, 0) is 19.1 Å². The molecule has 21 heavy (non-hydrogen) atoms. The zero-order valence-electron chi connectivity index (χ0n) is 11.3. The van der Waals surface area contributed by atoms with Gasteiger partial charge in [-0.1, -0.05) is 0 Å². The largest absolute Gasteiger partial charge is 0.469 e. The highest BCUT2D eigenvalue weighted by molar-refractivity contribution is 7.15. The number of nitrogens with one attached hydrogen (secondary N) is 1. The topological polar surface area (TPSA) is 76.6 Å². The van der Waals surface area contributed by atoms with Crippen molar-refractivity contribution in [1.82, 2.24) is 14.7 Å². The van der Waals surface area contributed by atoms with Gasteiger partial charge in [0, 0.05) is 30.2 Å². The number of carbonyl (C=O) groups excluding carboxylic acids is 1. The Kier molecular flexibility index (Phi) is 3.57. The Labute approximate surface area is 124 Å². The first-order chi connectivity index (χ1) is 10.1. The third-order valence-electron chi connectivity index (χ3n) is 3.05. The highest BCUT2D eigenvalue weighted by Gasteiger charge is 2.16. The molecule has 3 heterocycles. The molecule has 0 saturated heterocycles. The summed E-state index contributed by atoms with van der Waals surface area (Å²) < 4.78 is 6.61. The average Bonchev–Trinajstić information content (AvgIpc) is 3.09. The molecule has 3 aromatic rings. The summed E-state index contributed by atoms with van der Waals surface area (Å²) in [4.78, 5) is 29.0. The molecule has 0 aromatic carbocycles. The van der Waals surface area contributed by atoms with Crippen LogP contribution in [-0.2, 0) is 6.42 Å². The van der Waals surface area contributed by atoms with E-state index in [1.165, 1.54) is 21.9 Å². The lowest BCUT2D eigenvalue weighted by atomic mass is 10.2. The molecule has 1 N–H and O–H groups in total. The van der Waals surface area contributed by atoms with Crippen LogP contribution in [0.5, 0.6) is 0 Å². The van der Waals surface area contributed by atoms with Crippen molar-refractivity contribution in [2.45, 2.75) is 19.4 Å². The van der Waals surface area contributed by atoms with E-state index in [2.05, 4.69) is 10.3 Å². The molecule has 3 rings (SSSR count). The molecule has 0 fully saturated rings. The van der Waals surface area contributed by atoms with E-state index in [1.807, 2.05) is 13.0 Å². The van der Waals surface area contributed by atoms with Gasteiger partial charge in [0.05, 0.1) is 6.26 Å². The number of thiazole rings is 1. The van der Waals surface area contributed by atoms with Crippen LogP contribution in [0.3, 0.4) is 0 Å². The first-order valence-electron chi connectivity index (χ1n) is 6.43. The molecule has 0 aliphatic carbocycles. The van der Waals surface area contributed by atoms with Gasteiger partial charge in [-0.2, -0.15) is 0 Å². The standard InChI is InChI=1S/C14H13N3O3S/c1-9(7-10-3-2-5-20-10)16-12(18)11-8-15-14-17(13(11)19)4-6-21-14/h2-6,8-9H,7H2,1H3,(H,16,18). The van der Waals surface area contributed by atoms with Crippen LogP contribution in [0.2, 0.25) is 0 Å². The van der Waals surface area contributed by atoms with Crippen molar-refractivity contribution in [1.29, 1.82) is 0 Å². The summed E-state index contributed by atoms with van der Waals surface area (Å²) in [5, 5.41) is 4.54. The SMILES string of the molecule is CC(Cc1ccco1)NC(=O)c1cnc2sccn2c1=O.